The lowest BCUT2D eigenvalue weighted by Gasteiger charge is -2.36. The van der Waals surface area contributed by atoms with Crippen molar-refractivity contribution in [3.8, 4) is 0 Å². The maximum Gasteiger partial charge on any atom is 0.245 e. The first-order valence-corrected chi connectivity index (χ1v) is 12.5. The number of nitrogens with zero attached hydrogens (tertiary/aromatic N) is 3. The van der Waals surface area contributed by atoms with Crippen molar-refractivity contribution in [2.24, 2.45) is 5.92 Å². The van der Waals surface area contributed by atoms with Crippen LogP contribution in [0.1, 0.15) is 68.7 Å². The molecule has 2 aromatic rings. The second-order valence-corrected chi connectivity index (χ2v) is 10.2. The largest absolute Gasteiger partial charge is 0.341 e. The summed E-state index contributed by atoms with van der Waals surface area (Å²) in [6.07, 6.45) is 9.28. The number of hydrogen-bond donors (Lipinski definition) is 0. The summed E-state index contributed by atoms with van der Waals surface area (Å²) in [5, 5.41) is 1.21. The highest BCUT2D eigenvalue weighted by Gasteiger charge is 2.40. The van der Waals surface area contributed by atoms with Crippen molar-refractivity contribution < 1.29 is 9.59 Å². The van der Waals surface area contributed by atoms with Crippen LogP contribution in [0, 0.1) is 5.92 Å². The van der Waals surface area contributed by atoms with Crippen molar-refractivity contribution in [2.75, 3.05) is 19.6 Å². The van der Waals surface area contributed by atoms with Gasteiger partial charge in [-0.25, -0.2) is 4.98 Å². The number of thiazole rings is 1. The van der Waals surface area contributed by atoms with Crippen molar-refractivity contribution in [1.82, 2.24) is 14.8 Å². The molecular formula is C24H31N3O2S. The minimum absolute atomic E-state index is 0.150. The molecule has 0 radical (unpaired) electrons. The molecule has 6 heteroatoms. The monoisotopic (exact) mass is 425 g/mol. The minimum atomic E-state index is -0.224. The molecule has 160 valence electrons. The topological polar surface area (TPSA) is 53.5 Å². The van der Waals surface area contributed by atoms with Gasteiger partial charge < -0.3 is 9.80 Å². The molecule has 2 saturated heterocycles. The van der Waals surface area contributed by atoms with E-state index in [-0.39, 0.29) is 23.8 Å². The Morgan fingerprint density at radius 2 is 1.63 bits per heavy atom. The van der Waals surface area contributed by atoms with Gasteiger partial charge in [-0.2, -0.15) is 0 Å². The van der Waals surface area contributed by atoms with E-state index in [0.717, 1.165) is 76.5 Å². The zero-order valence-electron chi connectivity index (χ0n) is 17.6. The molecule has 0 unspecified atom stereocenters. The van der Waals surface area contributed by atoms with E-state index in [1.807, 2.05) is 15.9 Å². The van der Waals surface area contributed by atoms with Crippen molar-refractivity contribution in [3.05, 3.63) is 29.3 Å². The number of hydrogen-bond acceptors (Lipinski definition) is 4. The molecule has 3 fully saturated rings. The number of carbonyl (C=O) groups excluding carboxylic acids is 2. The van der Waals surface area contributed by atoms with Gasteiger partial charge in [-0.3, -0.25) is 9.59 Å². The highest BCUT2D eigenvalue weighted by molar-refractivity contribution is 7.18. The van der Waals surface area contributed by atoms with Crippen LogP contribution in [0.2, 0.25) is 0 Å². The van der Waals surface area contributed by atoms with E-state index in [1.54, 1.807) is 11.3 Å². The van der Waals surface area contributed by atoms with Gasteiger partial charge in [0.25, 0.3) is 0 Å². The lowest BCUT2D eigenvalue weighted by Crippen LogP contribution is -2.51. The van der Waals surface area contributed by atoms with Gasteiger partial charge in [0.05, 0.1) is 15.2 Å². The van der Waals surface area contributed by atoms with Gasteiger partial charge in [0.2, 0.25) is 11.8 Å². The predicted molar refractivity (Wildman–Crippen MR) is 119 cm³/mol. The number of rotatable bonds is 3. The molecule has 1 atom stereocenters. The maximum absolute atomic E-state index is 13.3. The van der Waals surface area contributed by atoms with E-state index in [1.165, 1.54) is 16.1 Å². The van der Waals surface area contributed by atoms with Gasteiger partial charge in [0.15, 0.2) is 0 Å². The highest BCUT2D eigenvalue weighted by Crippen LogP contribution is 2.35. The Morgan fingerprint density at radius 3 is 2.40 bits per heavy atom. The van der Waals surface area contributed by atoms with Crippen LogP contribution in [0.15, 0.2) is 24.3 Å². The summed E-state index contributed by atoms with van der Waals surface area (Å²) in [4.78, 5) is 35.1. The van der Waals surface area contributed by atoms with Crippen molar-refractivity contribution in [3.63, 3.8) is 0 Å². The van der Waals surface area contributed by atoms with E-state index in [4.69, 9.17) is 4.98 Å². The van der Waals surface area contributed by atoms with Crippen LogP contribution in [0.25, 0.3) is 10.2 Å². The molecule has 1 saturated carbocycles. The molecule has 2 aliphatic heterocycles. The number of benzene rings is 1. The average Bonchev–Trinajstić information content (AvgIpc) is 3.46. The summed E-state index contributed by atoms with van der Waals surface area (Å²) in [6.45, 7) is 2.32. The number of carbonyl (C=O) groups is 2. The van der Waals surface area contributed by atoms with E-state index >= 15 is 0 Å². The van der Waals surface area contributed by atoms with Crippen LogP contribution in [0.5, 0.6) is 0 Å². The van der Waals surface area contributed by atoms with E-state index in [9.17, 15) is 9.59 Å². The van der Waals surface area contributed by atoms with Gasteiger partial charge in [-0.05, 0) is 50.7 Å². The summed E-state index contributed by atoms with van der Waals surface area (Å²) >= 11 is 1.79. The number of para-hydroxylation sites is 1. The molecule has 0 spiro atoms. The first kappa shape index (κ1) is 20.0. The lowest BCUT2D eigenvalue weighted by molar-refractivity contribution is -0.147. The minimum Gasteiger partial charge on any atom is -0.341 e. The molecule has 0 bridgehead atoms. The fourth-order valence-electron chi connectivity index (χ4n) is 5.49. The van der Waals surface area contributed by atoms with Crippen molar-refractivity contribution in [1.29, 1.82) is 0 Å². The molecule has 30 heavy (non-hydrogen) atoms. The molecule has 1 aliphatic carbocycles. The summed E-state index contributed by atoms with van der Waals surface area (Å²) < 4.78 is 1.24. The van der Waals surface area contributed by atoms with Gasteiger partial charge in [0.1, 0.15) is 6.04 Å². The maximum atomic E-state index is 13.3. The molecule has 1 aromatic carbocycles. The third kappa shape index (κ3) is 3.86. The molecule has 3 aliphatic rings. The number of aromatic nitrogens is 1. The second kappa shape index (κ2) is 8.66. The lowest BCUT2D eigenvalue weighted by atomic mass is 9.88. The molecule has 3 heterocycles. The Labute approximate surface area is 182 Å². The molecule has 5 rings (SSSR count). The first-order valence-electron chi connectivity index (χ1n) is 11.7. The Kier molecular flexibility index (Phi) is 5.77. The SMILES string of the molecule is O=C([C@@H]1CCCN1C(=O)C1CCCCC1)N1CCC(c2nc3ccccc3s2)CC1. The quantitative estimate of drug-likeness (QED) is 0.724. The number of amides is 2. The summed E-state index contributed by atoms with van der Waals surface area (Å²) in [5.74, 6) is 1.02. The fourth-order valence-corrected chi connectivity index (χ4v) is 6.63. The third-order valence-corrected chi connectivity index (χ3v) is 8.44. The highest BCUT2D eigenvalue weighted by atomic mass is 32.1. The van der Waals surface area contributed by atoms with Gasteiger partial charge in [-0.15, -0.1) is 11.3 Å². The van der Waals surface area contributed by atoms with Gasteiger partial charge in [-0.1, -0.05) is 31.4 Å². The molecule has 0 N–H and O–H groups in total. The Hall–Kier alpha value is -1.95. The first-order chi connectivity index (χ1) is 14.7. The normalized spacial score (nSPS) is 23.9. The number of likely N-dealkylation sites (tertiary alicyclic amines) is 2. The van der Waals surface area contributed by atoms with Crippen molar-refractivity contribution >= 4 is 33.4 Å². The van der Waals surface area contributed by atoms with Crippen LogP contribution < -0.4 is 0 Å². The van der Waals surface area contributed by atoms with Crippen LogP contribution >= 0.6 is 11.3 Å². The van der Waals surface area contributed by atoms with E-state index < -0.39 is 0 Å². The summed E-state index contributed by atoms with van der Waals surface area (Å²) in [5.41, 5.74) is 1.08. The van der Waals surface area contributed by atoms with Crippen LogP contribution in [0.4, 0.5) is 0 Å². The molecule has 2 amide bonds. The van der Waals surface area contributed by atoms with Crippen LogP contribution in [0.3, 0.4) is 0 Å². The van der Waals surface area contributed by atoms with Gasteiger partial charge in [0, 0.05) is 31.5 Å². The Morgan fingerprint density at radius 1 is 0.867 bits per heavy atom. The summed E-state index contributed by atoms with van der Waals surface area (Å²) in [6, 6.07) is 8.08. The zero-order chi connectivity index (χ0) is 20.5. The average molecular weight is 426 g/mol. The molecular weight excluding hydrogens is 394 g/mol. The molecule has 1 aromatic heterocycles. The van der Waals surface area contributed by atoms with E-state index in [2.05, 4.69) is 18.2 Å². The van der Waals surface area contributed by atoms with Crippen LogP contribution in [-0.4, -0.2) is 52.3 Å². The number of piperidine rings is 1. The Balaban J connectivity index is 1.21. The smallest absolute Gasteiger partial charge is 0.245 e. The summed E-state index contributed by atoms with van der Waals surface area (Å²) in [7, 11) is 0. The van der Waals surface area contributed by atoms with Crippen LogP contribution in [-0.2, 0) is 9.59 Å². The Bertz CT molecular complexity index is 879. The van der Waals surface area contributed by atoms with Gasteiger partial charge >= 0.3 is 0 Å². The third-order valence-electron chi connectivity index (χ3n) is 7.24. The predicted octanol–water partition coefficient (Wildman–Crippen LogP) is 4.57. The van der Waals surface area contributed by atoms with Crippen molar-refractivity contribution in [2.45, 2.75) is 69.7 Å². The molecule has 5 nitrogen and oxygen atoms in total. The fraction of sp³-hybridized carbons (Fsp3) is 0.625. The van der Waals surface area contributed by atoms with E-state index in [0.29, 0.717) is 5.92 Å². The zero-order valence-corrected chi connectivity index (χ0v) is 18.4. The second-order valence-electron chi connectivity index (χ2n) is 9.14. The standard InChI is InChI=1S/C24H31N3O2S/c28-23(18-7-2-1-3-8-18)27-14-6-10-20(27)24(29)26-15-12-17(13-16-26)22-25-19-9-4-5-11-21(19)30-22/h4-5,9,11,17-18,20H,1-3,6-8,10,12-16H2/t20-/m0/s1. The number of fused-ring (bicyclic) bond motifs is 1.